The predicted octanol–water partition coefficient (Wildman–Crippen LogP) is 1.92. The quantitative estimate of drug-likeness (QED) is 0.440. The van der Waals surface area contributed by atoms with Crippen molar-refractivity contribution in [2.24, 2.45) is 10.7 Å². The second kappa shape index (κ2) is 9.24. The fraction of sp³-hybridized carbons (Fsp3) is 0.500. The lowest BCUT2D eigenvalue weighted by Crippen LogP contribution is -2.42. The van der Waals surface area contributed by atoms with E-state index in [1.165, 1.54) is 0 Å². The molecule has 1 aliphatic rings. The standard InChI is InChI=1S/C14H21N3O2S.HI/c1-19-13-10-11(2-3-12(13)18)4-5-16-14(15)17-6-8-20-9-7-17;/h2-3,10,18H,4-9H2,1H3,(H2,15,16);1H. The Hall–Kier alpha value is -0.830. The van der Waals surface area contributed by atoms with Gasteiger partial charge in [-0.05, 0) is 24.1 Å². The number of halogens is 1. The van der Waals surface area contributed by atoms with Gasteiger partial charge in [0.1, 0.15) is 0 Å². The van der Waals surface area contributed by atoms with Crippen LogP contribution < -0.4 is 10.5 Å². The van der Waals surface area contributed by atoms with Crippen LogP contribution in [0, 0.1) is 0 Å². The Kier molecular flexibility index (Phi) is 8.02. The summed E-state index contributed by atoms with van der Waals surface area (Å²) in [7, 11) is 1.54. The van der Waals surface area contributed by atoms with Gasteiger partial charge in [-0.15, -0.1) is 24.0 Å². The summed E-state index contributed by atoms with van der Waals surface area (Å²) < 4.78 is 5.09. The van der Waals surface area contributed by atoms with Crippen molar-refractivity contribution >= 4 is 41.7 Å². The van der Waals surface area contributed by atoms with Crippen LogP contribution in [0.15, 0.2) is 23.2 Å². The number of phenolic OH excluding ortho intramolecular Hbond substituents is 1. The lowest BCUT2D eigenvalue weighted by atomic mass is 10.1. The van der Waals surface area contributed by atoms with Crippen LogP contribution in [0.2, 0.25) is 0 Å². The average Bonchev–Trinajstić information content (AvgIpc) is 2.49. The topological polar surface area (TPSA) is 71.1 Å². The molecular weight excluding hydrogens is 401 g/mol. The van der Waals surface area contributed by atoms with Crippen LogP contribution in [0.4, 0.5) is 0 Å². The monoisotopic (exact) mass is 423 g/mol. The highest BCUT2D eigenvalue weighted by molar-refractivity contribution is 14.0. The molecule has 1 fully saturated rings. The fourth-order valence-corrected chi connectivity index (χ4v) is 2.97. The zero-order valence-electron chi connectivity index (χ0n) is 12.1. The summed E-state index contributed by atoms with van der Waals surface area (Å²) >= 11 is 1.95. The van der Waals surface area contributed by atoms with Gasteiger partial charge < -0.3 is 20.5 Å². The third-order valence-corrected chi connectivity index (χ3v) is 4.20. The van der Waals surface area contributed by atoms with E-state index >= 15 is 0 Å². The number of hydrogen-bond donors (Lipinski definition) is 2. The van der Waals surface area contributed by atoms with Gasteiger partial charge in [-0.1, -0.05) is 6.07 Å². The van der Waals surface area contributed by atoms with Crippen LogP contribution >= 0.6 is 35.7 Å². The molecule has 0 aromatic heterocycles. The van der Waals surface area contributed by atoms with Gasteiger partial charge in [-0.25, -0.2) is 0 Å². The zero-order chi connectivity index (χ0) is 14.4. The van der Waals surface area contributed by atoms with Gasteiger partial charge in [-0.3, -0.25) is 4.99 Å². The summed E-state index contributed by atoms with van der Waals surface area (Å²) in [6.45, 7) is 2.60. The molecule has 0 spiro atoms. The van der Waals surface area contributed by atoms with Crippen molar-refractivity contribution in [3.63, 3.8) is 0 Å². The first-order valence-electron chi connectivity index (χ1n) is 6.69. The molecule has 7 heteroatoms. The normalized spacial score (nSPS) is 15.5. The van der Waals surface area contributed by atoms with Crippen molar-refractivity contribution < 1.29 is 9.84 Å². The minimum atomic E-state index is 0. The molecule has 0 aliphatic carbocycles. The largest absolute Gasteiger partial charge is 0.504 e. The van der Waals surface area contributed by atoms with E-state index in [4.69, 9.17) is 10.5 Å². The Labute approximate surface area is 147 Å². The van der Waals surface area contributed by atoms with Crippen LogP contribution in [-0.2, 0) is 6.42 Å². The summed E-state index contributed by atoms with van der Waals surface area (Å²) in [6, 6.07) is 5.35. The molecule has 3 N–H and O–H groups in total. The molecule has 1 saturated heterocycles. The lowest BCUT2D eigenvalue weighted by Gasteiger charge is -2.27. The third kappa shape index (κ3) is 5.46. The molecule has 0 radical (unpaired) electrons. The summed E-state index contributed by atoms with van der Waals surface area (Å²) in [5.41, 5.74) is 7.07. The third-order valence-electron chi connectivity index (χ3n) is 3.25. The van der Waals surface area contributed by atoms with Gasteiger partial charge in [-0.2, -0.15) is 11.8 Å². The molecule has 1 aromatic carbocycles. The summed E-state index contributed by atoms with van der Waals surface area (Å²) in [6.07, 6.45) is 0.778. The first kappa shape index (κ1) is 18.2. The van der Waals surface area contributed by atoms with Crippen molar-refractivity contribution in [2.75, 3.05) is 38.2 Å². The van der Waals surface area contributed by atoms with Crippen molar-refractivity contribution in [1.82, 2.24) is 4.90 Å². The van der Waals surface area contributed by atoms with Crippen molar-refractivity contribution in [1.29, 1.82) is 0 Å². The van der Waals surface area contributed by atoms with E-state index < -0.39 is 0 Å². The molecule has 0 atom stereocenters. The van der Waals surface area contributed by atoms with Gasteiger partial charge >= 0.3 is 0 Å². The number of ether oxygens (including phenoxy) is 1. The number of methoxy groups -OCH3 is 1. The number of guanidine groups is 1. The van der Waals surface area contributed by atoms with E-state index in [-0.39, 0.29) is 29.7 Å². The van der Waals surface area contributed by atoms with E-state index in [1.54, 1.807) is 13.2 Å². The Morgan fingerprint density at radius 2 is 2.14 bits per heavy atom. The molecule has 0 amide bonds. The van der Waals surface area contributed by atoms with E-state index in [0.717, 1.165) is 36.6 Å². The Morgan fingerprint density at radius 1 is 1.43 bits per heavy atom. The van der Waals surface area contributed by atoms with E-state index in [9.17, 15) is 5.11 Å². The first-order chi connectivity index (χ1) is 9.70. The number of aromatic hydroxyl groups is 1. The van der Waals surface area contributed by atoms with Crippen LogP contribution in [0.25, 0.3) is 0 Å². The number of benzene rings is 1. The fourth-order valence-electron chi connectivity index (χ4n) is 2.07. The van der Waals surface area contributed by atoms with Crippen LogP contribution in [0.1, 0.15) is 5.56 Å². The predicted molar refractivity (Wildman–Crippen MR) is 99.2 cm³/mol. The summed E-state index contributed by atoms with van der Waals surface area (Å²) in [5, 5.41) is 9.54. The highest BCUT2D eigenvalue weighted by Gasteiger charge is 2.11. The molecule has 5 nitrogen and oxygen atoms in total. The maximum absolute atomic E-state index is 9.54. The van der Waals surface area contributed by atoms with E-state index in [0.29, 0.717) is 18.3 Å². The molecule has 2 rings (SSSR count). The second-order valence-electron chi connectivity index (χ2n) is 4.60. The van der Waals surface area contributed by atoms with Crippen LogP contribution in [0.5, 0.6) is 11.5 Å². The molecule has 1 heterocycles. The van der Waals surface area contributed by atoms with Gasteiger partial charge in [0.25, 0.3) is 0 Å². The van der Waals surface area contributed by atoms with Crippen molar-refractivity contribution in [3.8, 4) is 11.5 Å². The molecule has 0 bridgehead atoms. The Morgan fingerprint density at radius 3 is 2.81 bits per heavy atom. The van der Waals surface area contributed by atoms with E-state index in [2.05, 4.69) is 9.89 Å². The molecule has 0 unspecified atom stereocenters. The summed E-state index contributed by atoms with van der Waals surface area (Å²) in [5.74, 6) is 3.52. The second-order valence-corrected chi connectivity index (χ2v) is 5.82. The van der Waals surface area contributed by atoms with Gasteiger partial charge in [0.15, 0.2) is 17.5 Å². The average molecular weight is 423 g/mol. The smallest absolute Gasteiger partial charge is 0.191 e. The number of phenols is 1. The molecule has 118 valence electrons. The van der Waals surface area contributed by atoms with Gasteiger partial charge in [0.05, 0.1) is 7.11 Å². The highest BCUT2D eigenvalue weighted by atomic mass is 127. The lowest BCUT2D eigenvalue weighted by molar-refractivity contribution is 0.373. The maximum Gasteiger partial charge on any atom is 0.191 e. The zero-order valence-corrected chi connectivity index (χ0v) is 15.3. The summed E-state index contributed by atoms with van der Waals surface area (Å²) in [4.78, 5) is 6.56. The number of nitrogens with zero attached hydrogens (tertiary/aromatic N) is 2. The van der Waals surface area contributed by atoms with Crippen molar-refractivity contribution in [2.45, 2.75) is 6.42 Å². The molecule has 0 saturated carbocycles. The first-order valence-corrected chi connectivity index (χ1v) is 7.84. The molecular formula is C14H22IN3O2S. The van der Waals surface area contributed by atoms with Gasteiger partial charge in [0.2, 0.25) is 0 Å². The Bertz CT molecular complexity index is 479. The number of nitrogens with two attached hydrogens (primary N) is 1. The molecule has 21 heavy (non-hydrogen) atoms. The van der Waals surface area contributed by atoms with Crippen LogP contribution in [-0.4, -0.2) is 54.2 Å². The van der Waals surface area contributed by atoms with Crippen molar-refractivity contribution in [3.05, 3.63) is 23.8 Å². The maximum atomic E-state index is 9.54. The minimum Gasteiger partial charge on any atom is -0.504 e. The number of hydrogen-bond acceptors (Lipinski definition) is 4. The number of aliphatic imine (C=N–C) groups is 1. The van der Waals surface area contributed by atoms with Crippen LogP contribution in [0.3, 0.4) is 0 Å². The highest BCUT2D eigenvalue weighted by Crippen LogP contribution is 2.26. The number of thioether (sulfide) groups is 1. The Balaban J connectivity index is 0.00000220. The molecule has 1 aliphatic heterocycles. The SMILES string of the molecule is COc1cc(CCN=C(N)N2CCSCC2)ccc1O.I. The minimum absolute atomic E-state index is 0. The number of rotatable bonds is 4. The molecule has 1 aromatic rings. The van der Waals surface area contributed by atoms with Gasteiger partial charge in [0, 0.05) is 31.1 Å². The van der Waals surface area contributed by atoms with E-state index in [1.807, 2.05) is 23.9 Å².